The minimum Gasteiger partial charge on any atom is -0.456 e. The number of hydrogen-bond acceptors (Lipinski definition) is 3. The van der Waals surface area contributed by atoms with E-state index in [0.717, 1.165) is 24.2 Å². The van der Waals surface area contributed by atoms with E-state index >= 15 is 0 Å². The standard InChI is InChI=1S/C12H15N3O2/c1-3-8-7-13-15-11(8)14-12(16)10-6-5-9(4-2)17-10/h5-7H,3-4H2,1-2H3,(H2,13,14,15,16). The van der Waals surface area contributed by atoms with Crippen LogP contribution >= 0.6 is 0 Å². The van der Waals surface area contributed by atoms with Crippen LogP contribution in [0.25, 0.3) is 0 Å². The Balaban J connectivity index is 2.11. The number of aryl methyl sites for hydroxylation is 2. The third-order valence-electron chi connectivity index (χ3n) is 2.57. The zero-order valence-electron chi connectivity index (χ0n) is 9.91. The van der Waals surface area contributed by atoms with E-state index in [-0.39, 0.29) is 5.91 Å². The first-order valence-corrected chi connectivity index (χ1v) is 5.66. The van der Waals surface area contributed by atoms with Gasteiger partial charge in [-0.2, -0.15) is 5.10 Å². The number of anilines is 1. The summed E-state index contributed by atoms with van der Waals surface area (Å²) < 4.78 is 5.37. The summed E-state index contributed by atoms with van der Waals surface area (Å²) in [5.74, 6) is 1.49. The van der Waals surface area contributed by atoms with Gasteiger partial charge in [0, 0.05) is 12.0 Å². The van der Waals surface area contributed by atoms with Crippen LogP contribution in [0.2, 0.25) is 0 Å². The molecule has 17 heavy (non-hydrogen) atoms. The van der Waals surface area contributed by atoms with Crippen LogP contribution in [0.5, 0.6) is 0 Å². The number of aromatic nitrogens is 2. The molecule has 2 rings (SSSR count). The molecule has 2 aromatic heterocycles. The van der Waals surface area contributed by atoms with Gasteiger partial charge in [-0.15, -0.1) is 0 Å². The maximum absolute atomic E-state index is 11.9. The Hall–Kier alpha value is -2.04. The molecule has 1 amide bonds. The molecular weight excluding hydrogens is 218 g/mol. The lowest BCUT2D eigenvalue weighted by molar-refractivity contribution is 0.0994. The number of amides is 1. The molecule has 0 bridgehead atoms. The van der Waals surface area contributed by atoms with E-state index in [1.165, 1.54) is 0 Å². The van der Waals surface area contributed by atoms with Crippen LogP contribution < -0.4 is 5.32 Å². The highest BCUT2D eigenvalue weighted by molar-refractivity contribution is 6.02. The van der Waals surface area contributed by atoms with Crippen molar-refractivity contribution in [3.05, 3.63) is 35.4 Å². The van der Waals surface area contributed by atoms with Gasteiger partial charge in [-0.1, -0.05) is 13.8 Å². The molecule has 90 valence electrons. The van der Waals surface area contributed by atoms with Crippen molar-refractivity contribution in [2.75, 3.05) is 5.32 Å². The van der Waals surface area contributed by atoms with Crippen molar-refractivity contribution in [1.29, 1.82) is 0 Å². The second-order valence-electron chi connectivity index (χ2n) is 3.70. The van der Waals surface area contributed by atoms with E-state index in [1.807, 2.05) is 19.9 Å². The molecule has 2 aromatic rings. The Morgan fingerprint density at radius 2 is 2.24 bits per heavy atom. The van der Waals surface area contributed by atoms with Crippen LogP contribution in [0, 0.1) is 0 Å². The van der Waals surface area contributed by atoms with Crippen molar-refractivity contribution in [3.8, 4) is 0 Å². The van der Waals surface area contributed by atoms with Gasteiger partial charge < -0.3 is 9.73 Å². The highest BCUT2D eigenvalue weighted by atomic mass is 16.3. The molecule has 0 radical (unpaired) electrons. The molecule has 0 aromatic carbocycles. The maximum Gasteiger partial charge on any atom is 0.292 e. The number of H-pyrrole nitrogens is 1. The van der Waals surface area contributed by atoms with Gasteiger partial charge in [0.25, 0.3) is 5.91 Å². The smallest absolute Gasteiger partial charge is 0.292 e. The summed E-state index contributed by atoms with van der Waals surface area (Å²) >= 11 is 0. The number of hydrogen-bond donors (Lipinski definition) is 2. The minimum absolute atomic E-state index is 0.261. The van der Waals surface area contributed by atoms with Crippen LogP contribution in [0.1, 0.15) is 35.7 Å². The lowest BCUT2D eigenvalue weighted by atomic mass is 10.2. The molecular formula is C12H15N3O2. The van der Waals surface area contributed by atoms with Gasteiger partial charge >= 0.3 is 0 Å². The van der Waals surface area contributed by atoms with Crippen LogP contribution in [0.4, 0.5) is 5.82 Å². The Bertz CT molecular complexity index is 513. The lowest BCUT2D eigenvalue weighted by Gasteiger charge is -2.02. The van der Waals surface area contributed by atoms with Crippen molar-refractivity contribution in [2.45, 2.75) is 26.7 Å². The van der Waals surface area contributed by atoms with Gasteiger partial charge in [0.15, 0.2) is 5.76 Å². The van der Waals surface area contributed by atoms with Gasteiger partial charge in [-0.25, -0.2) is 0 Å². The first kappa shape index (κ1) is 11.4. The van der Waals surface area contributed by atoms with Crippen molar-refractivity contribution >= 4 is 11.7 Å². The monoisotopic (exact) mass is 233 g/mol. The lowest BCUT2D eigenvalue weighted by Crippen LogP contribution is -2.12. The fourth-order valence-corrected chi connectivity index (χ4v) is 1.55. The molecule has 2 N–H and O–H groups in total. The molecule has 0 saturated heterocycles. The Kier molecular flexibility index (Phi) is 3.27. The third kappa shape index (κ3) is 2.38. The number of aromatic amines is 1. The summed E-state index contributed by atoms with van der Waals surface area (Å²) in [4.78, 5) is 11.9. The Labute approximate surface area is 99.2 Å². The largest absolute Gasteiger partial charge is 0.456 e. The Morgan fingerprint density at radius 1 is 1.41 bits per heavy atom. The maximum atomic E-state index is 11.9. The summed E-state index contributed by atoms with van der Waals surface area (Å²) in [6.07, 6.45) is 3.29. The van der Waals surface area contributed by atoms with Crippen molar-refractivity contribution in [2.24, 2.45) is 0 Å². The molecule has 0 atom stereocenters. The molecule has 0 fully saturated rings. The van der Waals surface area contributed by atoms with E-state index in [2.05, 4.69) is 15.5 Å². The minimum atomic E-state index is -0.261. The number of carbonyl (C=O) groups is 1. The van der Waals surface area contributed by atoms with E-state index in [1.54, 1.807) is 12.3 Å². The molecule has 0 aliphatic heterocycles. The molecule has 0 spiro atoms. The predicted molar refractivity (Wildman–Crippen MR) is 64.0 cm³/mol. The van der Waals surface area contributed by atoms with Crippen molar-refractivity contribution in [1.82, 2.24) is 10.2 Å². The van der Waals surface area contributed by atoms with Gasteiger partial charge in [-0.05, 0) is 18.6 Å². The highest BCUT2D eigenvalue weighted by Crippen LogP contribution is 2.14. The number of furan rings is 1. The summed E-state index contributed by atoms with van der Waals surface area (Å²) in [6, 6.07) is 3.48. The second-order valence-corrected chi connectivity index (χ2v) is 3.70. The summed E-state index contributed by atoms with van der Waals surface area (Å²) in [7, 11) is 0. The van der Waals surface area contributed by atoms with Gasteiger partial charge in [0.1, 0.15) is 11.6 Å². The topological polar surface area (TPSA) is 70.9 Å². The summed E-state index contributed by atoms with van der Waals surface area (Å²) in [5, 5.41) is 9.39. The number of nitrogens with one attached hydrogen (secondary N) is 2. The van der Waals surface area contributed by atoms with Crippen molar-refractivity contribution < 1.29 is 9.21 Å². The van der Waals surface area contributed by atoms with Gasteiger partial charge in [0.2, 0.25) is 0 Å². The van der Waals surface area contributed by atoms with E-state index in [4.69, 9.17) is 4.42 Å². The predicted octanol–water partition coefficient (Wildman–Crippen LogP) is 2.38. The Morgan fingerprint density at radius 3 is 2.88 bits per heavy atom. The fourth-order valence-electron chi connectivity index (χ4n) is 1.55. The number of carbonyl (C=O) groups excluding carboxylic acids is 1. The zero-order chi connectivity index (χ0) is 12.3. The van der Waals surface area contributed by atoms with Crippen LogP contribution in [-0.2, 0) is 12.8 Å². The summed E-state index contributed by atoms with van der Waals surface area (Å²) in [6.45, 7) is 3.98. The fraction of sp³-hybridized carbons (Fsp3) is 0.333. The molecule has 5 heteroatoms. The van der Waals surface area contributed by atoms with Crippen LogP contribution in [0.15, 0.2) is 22.7 Å². The second kappa shape index (κ2) is 4.86. The molecule has 0 aliphatic rings. The normalized spacial score (nSPS) is 10.5. The molecule has 0 saturated carbocycles. The zero-order valence-corrected chi connectivity index (χ0v) is 9.91. The molecule has 0 aliphatic carbocycles. The average molecular weight is 233 g/mol. The van der Waals surface area contributed by atoms with E-state index < -0.39 is 0 Å². The number of rotatable bonds is 4. The summed E-state index contributed by atoms with van der Waals surface area (Å²) in [5.41, 5.74) is 0.973. The van der Waals surface area contributed by atoms with Gasteiger partial charge in [-0.3, -0.25) is 9.89 Å². The highest BCUT2D eigenvalue weighted by Gasteiger charge is 2.13. The SMILES string of the molecule is CCc1ccc(C(=O)Nc2[nH]ncc2CC)o1. The third-order valence-corrected chi connectivity index (χ3v) is 2.57. The number of nitrogens with zero attached hydrogens (tertiary/aromatic N) is 1. The van der Waals surface area contributed by atoms with Crippen LogP contribution in [0.3, 0.4) is 0 Å². The average Bonchev–Trinajstić information content (AvgIpc) is 2.96. The quantitative estimate of drug-likeness (QED) is 0.851. The molecule has 5 nitrogen and oxygen atoms in total. The van der Waals surface area contributed by atoms with Crippen LogP contribution in [-0.4, -0.2) is 16.1 Å². The molecule has 0 unspecified atom stereocenters. The van der Waals surface area contributed by atoms with Crippen molar-refractivity contribution in [3.63, 3.8) is 0 Å². The van der Waals surface area contributed by atoms with E-state index in [0.29, 0.717) is 11.6 Å². The molecule has 2 heterocycles. The first-order valence-electron chi connectivity index (χ1n) is 5.66. The van der Waals surface area contributed by atoms with E-state index in [9.17, 15) is 4.79 Å². The first-order chi connectivity index (χ1) is 8.24. The van der Waals surface area contributed by atoms with Gasteiger partial charge in [0.05, 0.1) is 6.20 Å².